The van der Waals surface area contributed by atoms with Gasteiger partial charge in [0.05, 0.1) is 11.7 Å². The Bertz CT molecular complexity index is 416. The number of nitrogens with one attached hydrogen (secondary N) is 1. The molecule has 0 aliphatic carbocycles. The summed E-state index contributed by atoms with van der Waals surface area (Å²) < 4.78 is 36.8. The number of hydrogen-bond acceptors (Lipinski definition) is 3. The van der Waals surface area contributed by atoms with Crippen molar-refractivity contribution in [1.29, 1.82) is 0 Å². The van der Waals surface area contributed by atoms with Crippen LogP contribution in [0.4, 0.5) is 13.2 Å². The summed E-state index contributed by atoms with van der Waals surface area (Å²) in [5.74, 6) is -0.480. The third-order valence-corrected chi connectivity index (χ3v) is 2.40. The van der Waals surface area contributed by atoms with Crippen molar-refractivity contribution < 1.29 is 23.1 Å². The zero-order valence-corrected chi connectivity index (χ0v) is 10.4. The van der Waals surface area contributed by atoms with Crippen LogP contribution in [-0.4, -0.2) is 28.6 Å². The van der Waals surface area contributed by atoms with Crippen LogP contribution in [0.25, 0.3) is 0 Å². The second-order valence-electron chi connectivity index (χ2n) is 4.18. The number of hydrogen-bond donors (Lipinski definition) is 2. The molecule has 106 valence electrons. The van der Waals surface area contributed by atoms with Crippen LogP contribution in [0.5, 0.6) is 0 Å². The molecule has 0 saturated carbocycles. The van der Waals surface area contributed by atoms with Crippen LogP contribution < -0.4 is 5.32 Å². The first kappa shape index (κ1) is 15.4. The van der Waals surface area contributed by atoms with Crippen molar-refractivity contribution in [2.75, 3.05) is 6.54 Å². The summed E-state index contributed by atoms with van der Waals surface area (Å²) in [7, 11) is 0. The maximum atomic E-state index is 12.3. The van der Waals surface area contributed by atoms with Crippen molar-refractivity contribution >= 4 is 5.91 Å². The minimum absolute atomic E-state index is 0.0741. The molecular weight excluding hydrogens is 261 g/mol. The van der Waals surface area contributed by atoms with Crippen molar-refractivity contribution in [3.05, 3.63) is 29.6 Å². The molecule has 0 aliphatic rings. The molecule has 1 amide bonds. The summed E-state index contributed by atoms with van der Waals surface area (Å²) in [5.41, 5.74) is -0.955. The molecule has 1 aromatic rings. The van der Waals surface area contributed by atoms with E-state index >= 15 is 0 Å². The highest BCUT2D eigenvalue weighted by Crippen LogP contribution is 2.27. The van der Waals surface area contributed by atoms with Crippen LogP contribution in [-0.2, 0) is 6.18 Å². The van der Waals surface area contributed by atoms with E-state index in [2.05, 4.69) is 10.3 Å². The number of halogens is 3. The van der Waals surface area contributed by atoms with Crippen LogP contribution in [0.3, 0.4) is 0 Å². The zero-order valence-electron chi connectivity index (χ0n) is 10.4. The van der Waals surface area contributed by atoms with E-state index in [1.165, 1.54) is 0 Å². The van der Waals surface area contributed by atoms with Gasteiger partial charge < -0.3 is 10.4 Å². The minimum Gasteiger partial charge on any atom is -0.393 e. The van der Waals surface area contributed by atoms with Crippen LogP contribution in [0.2, 0.25) is 0 Å². The average molecular weight is 276 g/mol. The summed E-state index contributed by atoms with van der Waals surface area (Å²) in [6.45, 7) is 1.99. The van der Waals surface area contributed by atoms with Gasteiger partial charge in [-0.25, -0.2) is 0 Å². The Morgan fingerprint density at radius 1 is 1.47 bits per heavy atom. The molecule has 0 aromatic carbocycles. The number of nitrogens with zero attached hydrogens (tertiary/aromatic N) is 1. The molecule has 1 atom stereocenters. The van der Waals surface area contributed by atoms with E-state index in [9.17, 15) is 18.0 Å². The fourth-order valence-corrected chi connectivity index (χ4v) is 1.40. The minimum atomic E-state index is -4.51. The third kappa shape index (κ3) is 5.25. The van der Waals surface area contributed by atoms with E-state index < -0.39 is 23.9 Å². The number of aliphatic hydroxyl groups excluding tert-OH is 1. The lowest BCUT2D eigenvalue weighted by Gasteiger charge is -2.08. The van der Waals surface area contributed by atoms with Gasteiger partial charge in [-0.05, 0) is 31.9 Å². The molecule has 0 bridgehead atoms. The van der Waals surface area contributed by atoms with E-state index in [4.69, 9.17) is 5.11 Å². The zero-order chi connectivity index (χ0) is 14.5. The smallest absolute Gasteiger partial charge is 0.393 e. The number of aliphatic hydroxyl groups is 1. The number of rotatable bonds is 5. The Morgan fingerprint density at radius 2 is 2.16 bits per heavy atom. The lowest BCUT2D eigenvalue weighted by Crippen LogP contribution is -2.25. The van der Waals surface area contributed by atoms with Gasteiger partial charge in [-0.2, -0.15) is 13.2 Å². The van der Waals surface area contributed by atoms with Gasteiger partial charge in [0.1, 0.15) is 5.69 Å². The van der Waals surface area contributed by atoms with Gasteiger partial charge >= 0.3 is 6.18 Å². The van der Waals surface area contributed by atoms with E-state index in [0.29, 0.717) is 19.4 Å². The highest BCUT2D eigenvalue weighted by Gasteiger charge is 2.32. The number of pyridine rings is 1. The van der Waals surface area contributed by atoms with Gasteiger partial charge in [0.2, 0.25) is 0 Å². The molecule has 0 spiro atoms. The molecule has 19 heavy (non-hydrogen) atoms. The molecule has 1 unspecified atom stereocenters. The van der Waals surface area contributed by atoms with Crippen LogP contribution in [0.15, 0.2) is 18.3 Å². The summed E-state index contributed by atoms with van der Waals surface area (Å²) in [4.78, 5) is 14.8. The number of carbonyl (C=O) groups is 1. The summed E-state index contributed by atoms with van der Waals surface area (Å²) in [6.07, 6.45) is -2.91. The van der Waals surface area contributed by atoms with Gasteiger partial charge in [-0.15, -0.1) is 0 Å². The first-order chi connectivity index (χ1) is 8.80. The van der Waals surface area contributed by atoms with Crippen molar-refractivity contribution in [2.24, 2.45) is 0 Å². The molecule has 0 saturated heterocycles. The van der Waals surface area contributed by atoms with Gasteiger partial charge in [-0.1, -0.05) is 0 Å². The largest absolute Gasteiger partial charge is 0.433 e. The first-order valence-corrected chi connectivity index (χ1v) is 5.80. The lowest BCUT2D eigenvalue weighted by atomic mass is 10.2. The quantitative estimate of drug-likeness (QED) is 0.808. The van der Waals surface area contributed by atoms with E-state index in [-0.39, 0.29) is 5.56 Å². The SMILES string of the molecule is CC(O)CCCNC(=O)c1ccc(C(F)(F)F)nc1. The fraction of sp³-hybridized carbons (Fsp3) is 0.500. The lowest BCUT2D eigenvalue weighted by molar-refractivity contribution is -0.141. The molecule has 1 aromatic heterocycles. The topological polar surface area (TPSA) is 62.2 Å². The molecule has 4 nitrogen and oxygen atoms in total. The maximum Gasteiger partial charge on any atom is 0.433 e. The third-order valence-electron chi connectivity index (χ3n) is 2.40. The molecule has 0 fully saturated rings. The second kappa shape index (κ2) is 6.51. The first-order valence-electron chi connectivity index (χ1n) is 5.80. The fourth-order valence-electron chi connectivity index (χ4n) is 1.40. The molecule has 0 radical (unpaired) electrons. The van der Waals surface area contributed by atoms with E-state index in [1.54, 1.807) is 6.92 Å². The monoisotopic (exact) mass is 276 g/mol. The van der Waals surface area contributed by atoms with Crippen molar-refractivity contribution in [3.63, 3.8) is 0 Å². The number of carbonyl (C=O) groups excluding carboxylic acids is 1. The Hall–Kier alpha value is -1.63. The molecule has 0 aliphatic heterocycles. The standard InChI is InChI=1S/C12H15F3N2O2/c1-8(18)3-2-6-16-11(19)9-4-5-10(17-7-9)12(13,14)15/h4-5,7-8,18H,2-3,6H2,1H3,(H,16,19). The van der Waals surface area contributed by atoms with Crippen LogP contribution >= 0.6 is 0 Å². The highest BCUT2D eigenvalue weighted by molar-refractivity contribution is 5.93. The Kier molecular flexibility index (Phi) is 5.29. The maximum absolute atomic E-state index is 12.3. The molecule has 1 heterocycles. The van der Waals surface area contributed by atoms with E-state index in [1.807, 2.05) is 0 Å². The Labute approximate surface area is 108 Å². The van der Waals surface area contributed by atoms with Crippen LogP contribution in [0, 0.1) is 0 Å². The van der Waals surface area contributed by atoms with E-state index in [0.717, 1.165) is 18.3 Å². The van der Waals surface area contributed by atoms with Gasteiger partial charge in [0, 0.05) is 12.7 Å². The van der Waals surface area contributed by atoms with Gasteiger partial charge in [0.15, 0.2) is 0 Å². The number of amides is 1. The molecule has 1 rings (SSSR count). The van der Waals surface area contributed by atoms with Crippen molar-refractivity contribution in [1.82, 2.24) is 10.3 Å². The van der Waals surface area contributed by atoms with Crippen molar-refractivity contribution in [3.8, 4) is 0 Å². The molecular formula is C12H15F3N2O2. The molecule has 2 N–H and O–H groups in total. The summed E-state index contributed by atoms with van der Waals surface area (Å²) in [5, 5.41) is 11.6. The van der Waals surface area contributed by atoms with Gasteiger partial charge in [-0.3, -0.25) is 9.78 Å². The highest BCUT2D eigenvalue weighted by atomic mass is 19.4. The summed E-state index contributed by atoms with van der Waals surface area (Å²) >= 11 is 0. The summed E-state index contributed by atoms with van der Waals surface area (Å²) in [6, 6.07) is 1.85. The Balaban J connectivity index is 2.49. The molecule has 7 heteroatoms. The number of aromatic nitrogens is 1. The predicted molar refractivity (Wildman–Crippen MR) is 62.5 cm³/mol. The second-order valence-corrected chi connectivity index (χ2v) is 4.18. The average Bonchev–Trinajstić information content (AvgIpc) is 2.33. The van der Waals surface area contributed by atoms with Gasteiger partial charge in [0.25, 0.3) is 5.91 Å². The van der Waals surface area contributed by atoms with Crippen molar-refractivity contribution in [2.45, 2.75) is 32.0 Å². The van der Waals surface area contributed by atoms with Crippen LogP contribution in [0.1, 0.15) is 35.8 Å². The number of alkyl halides is 3. The predicted octanol–water partition coefficient (Wildman–Crippen LogP) is 1.99. The normalized spacial score (nSPS) is 13.1. The Morgan fingerprint density at radius 3 is 2.63 bits per heavy atom.